The van der Waals surface area contributed by atoms with Crippen LogP contribution in [0, 0.1) is 0 Å². The van der Waals surface area contributed by atoms with Crippen LogP contribution in [0.5, 0.6) is 5.75 Å². The lowest BCUT2D eigenvalue weighted by Crippen LogP contribution is -2.13. The van der Waals surface area contributed by atoms with Crippen molar-refractivity contribution in [3.63, 3.8) is 0 Å². The van der Waals surface area contributed by atoms with Crippen molar-refractivity contribution in [2.75, 3.05) is 18.2 Å². The number of methoxy groups -OCH3 is 1. The Morgan fingerprint density at radius 1 is 1.10 bits per heavy atom. The number of benzene rings is 2. The van der Waals surface area contributed by atoms with Crippen molar-refractivity contribution in [2.24, 2.45) is 0 Å². The lowest BCUT2D eigenvalue weighted by Gasteiger charge is -2.06. The van der Waals surface area contributed by atoms with E-state index >= 15 is 0 Å². The Hall–Kier alpha value is -2.55. The molecular weight excluding hydrogens is 434 g/mol. The highest BCUT2D eigenvalue weighted by Crippen LogP contribution is 2.34. The number of aromatic nitrogens is 2. The first-order valence-electron chi connectivity index (χ1n) is 9.20. The standard InChI is InChI=1S/C22H19N3O2S3/c1-27-18-7-3-2-6-15(18)13-29-22-25-17-10-9-16(12-19(17)30-22)24-20(26)14-28-21-8-4-5-11-23-21/h2-12H,13-14H2,1H3,(H,24,26). The number of carbonyl (C=O) groups excluding carboxylic acids is 1. The zero-order valence-electron chi connectivity index (χ0n) is 16.2. The van der Waals surface area contributed by atoms with Gasteiger partial charge < -0.3 is 10.1 Å². The van der Waals surface area contributed by atoms with Gasteiger partial charge >= 0.3 is 0 Å². The number of amides is 1. The quantitative estimate of drug-likeness (QED) is 0.344. The normalized spacial score (nSPS) is 10.8. The Kier molecular flexibility index (Phi) is 6.88. The van der Waals surface area contributed by atoms with Crippen LogP contribution >= 0.6 is 34.9 Å². The number of pyridine rings is 1. The first-order valence-corrected chi connectivity index (χ1v) is 12.0. The predicted octanol–water partition coefficient (Wildman–Crippen LogP) is 5.72. The molecule has 2 aromatic heterocycles. The van der Waals surface area contributed by atoms with Gasteiger partial charge in [0.25, 0.3) is 0 Å². The number of ether oxygens (including phenoxy) is 1. The molecule has 0 spiro atoms. The number of hydrogen-bond donors (Lipinski definition) is 1. The van der Waals surface area contributed by atoms with E-state index in [1.54, 1.807) is 36.4 Å². The van der Waals surface area contributed by atoms with Crippen LogP contribution in [-0.4, -0.2) is 28.7 Å². The number of nitrogens with zero attached hydrogens (tertiary/aromatic N) is 2. The van der Waals surface area contributed by atoms with Gasteiger partial charge in [-0.25, -0.2) is 9.97 Å². The molecule has 2 heterocycles. The van der Waals surface area contributed by atoms with Crippen LogP contribution in [0.1, 0.15) is 5.56 Å². The fourth-order valence-electron chi connectivity index (χ4n) is 2.77. The van der Waals surface area contributed by atoms with Gasteiger partial charge in [0.15, 0.2) is 4.34 Å². The maximum Gasteiger partial charge on any atom is 0.234 e. The van der Waals surface area contributed by atoms with Crippen LogP contribution in [0.4, 0.5) is 5.69 Å². The molecule has 0 saturated heterocycles. The molecule has 0 atom stereocenters. The molecule has 5 nitrogen and oxygen atoms in total. The summed E-state index contributed by atoms with van der Waals surface area (Å²) in [6.45, 7) is 0. The van der Waals surface area contributed by atoms with Crippen molar-refractivity contribution in [3.8, 4) is 5.75 Å². The van der Waals surface area contributed by atoms with Gasteiger partial charge in [-0.2, -0.15) is 0 Å². The number of thiazole rings is 1. The number of anilines is 1. The zero-order chi connectivity index (χ0) is 20.8. The van der Waals surface area contributed by atoms with E-state index in [1.165, 1.54) is 11.8 Å². The van der Waals surface area contributed by atoms with Crippen LogP contribution in [0.3, 0.4) is 0 Å². The summed E-state index contributed by atoms with van der Waals surface area (Å²) in [5.74, 6) is 1.94. The van der Waals surface area contributed by atoms with Gasteiger partial charge in [0.1, 0.15) is 5.75 Å². The lowest BCUT2D eigenvalue weighted by molar-refractivity contribution is -0.113. The van der Waals surface area contributed by atoms with Crippen LogP contribution in [0.15, 0.2) is 76.2 Å². The number of fused-ring (bicyclic) bond motifs is 1. The second kappa shape index (κ2) is 9.97. The van der Waals surface area contributed by atoms with E-state index in [0.29, 0.717) is 5.75 Å². The number of para-hydroxylation sites is 1. The molecule has 0 aliphatic rings. The maximum atomic E-state index is 12.3. The molecule has 4 rings (SSSR count). The molecule has 4 aromatic rings. The first kappa shape index (κ1) is 20.7. The van der Waals surface area contributed by atoms with Crippen LogP contribution < -0.4 is 10.1 Å². The SMILES string of the molecule is COc1ccccc1CSc1nc2ccc(NC(=O)CSc3ccccn3)cc2s1. The second-order valence-corrected chi connectivity index (χ2v) is 9.52. The average molecular weight is 454 g/mol. The second-order valence-electron chi connectivity index (χ2n) is 6.27. The molecule has 2 aromatic carbocycles. The molecule has 0 fully saturated rings. The molecule has 1 N–H and O–H groups in total. The van der Waals surface area contributed by atoms with E-state index < -0.39 is 0 Å². The van der Waals surface area contributed by atoms with Crippen molar-refractivity contribution >= 4 is 56.7 Å². The van der Waals surface area contributed by atoms with E-state index in [1.807, 2.05) is 54.6 Å². The van der Waals surface area contributed by atoms with E-state index in [-0.39, 0.29) is 5.91 Å². The molecule has 1 amide bonds. The molecule has 0 saturated carbocycles. The third kappa shape index (κ3) is 5.33. The molecule has 30 heavy (non-hydrogen) atoms. The number of nitrogens with one attached hydrogen (secondary N) is 1. The summed E-state index contributed by atoms with van der Waals surface area (Å²) in [5.41, 5.74) is 2.85. The molecule has 0 bridgehead atoms. The Morgan fingerprint density at radius 3 is 2.80 bits per heavy atom. The molecule has 152 valence electrons. The summed E-state index contributed by atoms with van der Waals surface area (Å²) in [7, 11) is 1.69. The number of rotatable bonds is 8. The largest absolute Gasteiger partial charge is 0.496 e. The van der Waals surface area contributed by atoms with Crippen LogP contribution in [-0.2, 0) is 10.5 Å². The van der Waals surface area contributed by atoms with E-state index in [2.05, 4.69) is 16.4 Å². The van der Waals surface area contributed by atoms with Crippen LogP contribution in [0.25, 0.3) is 10.2 Å². The molecule has 0 radical (unpaired) electrons. The Bertz CT molecular complexity index is 1150. The first-order chi connectivity index (χ1) is 14.7. The minimum Gasteiger partial charge on any atom is -0.496 e. The van der Waals surface area contributed by atoms with Crippen molar-refractivity contribution in [1.82, 2.24) is 9.97 Å². The monoisotopic (exact) mass is 453 g/mol. The maximum absolute atomic E-state index is 12.3. The molecule has 0 aliphatic carbocycles. The molecular formula is C22H19N3O2S3. The summed E-state index contributed by atoms with van der Waals surface area (Å²) in [4.78, 5) is 21.2. The summed E-state index contributed by atoms with van der Waals surface area (Å²) < 4.78 is 7.46. The number of thioether (sulfide) groups is 2. The fraction of sp³-hybridized carbons (Fsp3) is 0.136. The van der Waals surface area contributed by atoms with Gasteiger partial charge in [0, 0.05) is 23.2 Å². The van der Waals surface area contributed by atoms with Gasteiger partial charge in [-0.3, -0.25) is 4.79 Å². The van der Waals surface area contributed by atoms with Crippen molar-refractivity contribution < 1.29 is 9.53 Å². The van der Waals surface area contributed by atoms with Gasteiger partial charge in [-0.1, -0.05) is 47.8 Å². The Balaban J connectivity index is 1.38. The van der Waals surface area contributed by atoms with E-state index in [9.17, 15) is 4.79 Å². The summed E-state index contributed by atoms with van der Waals surface area (Å²) in [6, 6.07) is 19.5. The highest BCUT2D eigenvalue weighted by atomic mass is 32.2. The van der Waals surface area contributed by atoms with E-state index in [4.69, 9.17) is 9.72 Å². The van der Waals surface area contributed by atoms with Gasteiger partial charge in [-0.05, 0) is 36.4 Å². The fourth-order valence-corrected chi connectivity index (χ4v) is 5.53. The van der Waals surface area contributed by atoms with Crippen molar-refractivity contribution in [3.05, 3.63) is 72.4 Å². The number of hydrogen-bond acceptors (Lipinski definition) is 7. The highest BCUT2D eigenvalue weighted by molar-refractivity contribution is 8.00. The van der Waals surface area contributed by atoms with E-state index in [0.717, 1.165) is 42.3 Å². The smallest absolute Gasteiger partial charge is 0.234 e. The summed E-state index contributed by atoms with van der Waals surface area (Å²) in [6.07, 6.45) is 1.72. The highest BCUT2D eigenvalue weighted by Gasteiger charge is 2.10. The molecule has 8 heteroatoms. The zero-order valence-corrected chi connectivity index (χ0v) is 18.7. The topological polar surface area (TPSA) is 64.1 Å². The van der Waals surface area contributed by atoms with Crippen LogP contribution in [0.2, 0.25) is 0 Å². The minimum atomic E-state index is -0.0553. The van der Waals surface area contributed by atoms with Gasteiger partial charge in [0.05, 0.1) is 28.1 Å². The summed E-state index contributed by atoms with van der Waals surface area (Å²) in [5, 5.41) is 3.79. The van der Waals surface area contributed by atoms with Crippen molar-refractivity contribution in [2.45, 2.75) is 15.1 Å². The molecule has 0 unspecified atom stereocenters. The lowest BCUT2D eigenvalue weighted by atomic mass is 10.2. The summed E-state index contributed by atoms with van der Waals surface area (Å²) >= 11 is 4.73. The predicted molar refractivity (Wildman–Crippen MR) is 126 cm³/mol. The van der Waals surface area contributed by atoms with Gasteiger partial charge in [0.2, 0.25) is 5.91 Å². The molecule has 0 aliphatic heterocycles. The minimum absolute atomic E-state index is 0.0553. The third-order valence-electron chi connectivity index (χ3n) is 4.19. The Labute approximate surface area is 187 Å². The van der Waals surface area contributed by atoms with Crippen molar-refractivity contribution in [1.29, 1.82) is 0 Å². The average Bonchev–Trinajstić information content (AvgIpc) is 3.19. The van der Waals surface area contributed by atoms with Gasteiger partial charge in [-0.15, -0.1) is 11.3 Å². The number of carbonyl (C=O) groups is 1. The third-order valence-corrected chi connectivity index (χ3v) is 7.34. The Morgan fingerprint density at radius 2 is 1.97 bits per heavy atom.